The first-order valence-corrected chi connectivity index (χ1v) is 19.8. The summed E-state index contributed by atoms with van der Waals surface area (Å²) in [5.41, 5.74) is 0. The van der Waals surface area contributed by atoms with Gasteiger partial charge in [0.2, 0.25) is 0 Å². The van der Waals surface area contributed by atoms with Crippen molar-refractivity contribution in [1.82, 2.24) is 0 Å². The first-order chi connectivity index (χ1) is 23.6. The van der Waals surface area contributed by atoms with Crippen LogP contribution in [0.4, 0.5) is 0 Å². The van der Waals surface area contributed by atoms with E-state index in [0.29, 0.717) is 23.9 Å². The van der Waals surface area contributed by atoms with Gasteiger partial charge >= 0.3 is 11.9 Å². The summed E-state index contributed by atoms with van der Waals surface area (Å²) >= 11 is 0. The number of esters is 2. The molecule has 0 saturated carbocycles. The molecule has 0 aliphatic rings. The Kier molecular flexibility index (Phi) is 31.9. The van der Waals surface area contributed by atoms with Crippen LogP contribution in [0.25, 0.3) is 0 Å². The summed E-state index contributed by atoms with van der Waals surface area (Å²) in [4.78, 5) is 36.7. The molecule has 0 radical (unpaired) electrons. The Morgan fingerprint density at radius 3 is 1.51 bits per heavy atom. The van der Waals surface area contributed by atoms with Crippen LogP contribution in [-0.4, -0.2) is 82.3 Å². The number of unbranched alkanes of at least 4 members (excludes halogenated alkanes) is 19. The predicted octanol–water partition coefficient (Wildman–Crippen LogP) is 8.22. The Hall–Kier alpha value is -1.97. The molecular weight excluding hydrogens is 622 g/mol. The number of carboxylic acid groups (broad SMARTS) is 1. The highest BCUT2D eigenvalue weighted by molar-refractivity contribution is 5.70. The second kappa shape index (κ2) is 33.2. The lowest BCUT2D eigenvalue weighted by Crippen LogP contribution is -2.44. The first kappa shape index (κ1) is 47.0. The van der Waals surface area contributed by atoms with Gasteiger partial charge in [0, 0.05) is 12.8 Å². The number of carbonyl (C=O) groups excluding carboxylic acids is 3. The molecule has 0 fully saturated rings. The highest BCUT2D eigenvalue weighted by atomic mass is 16.7. The number of carboxylic acids is 1. The van der Waals surface area contributed by atoms with Crippen LogP contribution >= 0.6 is 0 Å². The van der Waals surface area contributed by atoms with Gasteiger partial charge in [-0.2, -0.15) is 0 Å². The van der Waals surface area contributed by atoms with Gasteiger partial charge in [-0.25, -0.2) is 0 Å². The van der Waals surface area contributed by atoms with Gasteiger partial charge in [0.1, 0.15) is 13.2 Å². The van der Waals surface area contributed by atoms with Crippen LogP contribution in [0.15, 0.2) is 12.2 Å². The molecule has 0 aliphatic carbocycles. The number of carbonyl (C=O) groups is 3. The Bertz CT molecular complexity index is 826. The van der Waals surface area contributed by atoms with E-state index in [4.69, 9.17) is 18.9 Å². The number of ether oxygens (including phenoxy) is 4. The maximum absolute atomic E-state index is 12.7. The average Bonchev–Trinajstić information content (AvgIpc) is 3.05. The number of hydrogen-bond donors (Lipinski definition) is 0. The quantitative estimate of drug-likeness (QED) is 0.0212. The molecule has 0 heterocycles. The van der Waals surface area contributed by atoms with Crippen molar-refractivity contribution in [2.45, 2.75) is 180 Å². The summed E-state index contributed by atoms with van der Waals surface area (Å²) in [6, 6.07) is 0. The lowest BCUT2D eigenvalue weighted by Gasteiger charge is -2.26. The van der Waals surface area contributed by atoms with Crippen molar-refractivity contribution < 1.29 is 42.9 Å². The third-order valence-electron chi connectivity index (χ3n) is 8.51. The number of aliphatic carboxylic acids is 1. The standard InChI is InChI=1S/C40H75NO8/c1-6-8-10-12-14-16-18-19-20-21-23-25-27-29-31-38(43)49-36(35-48-40(39(44)45)46-33-32-41(3,4)5)34-47-37(42)30-28-26-24-22-17-15-13-11-9-7-2/h18-19,36,40H,6-17,20-35H2,1-5H3/b19-18-. The summed E-state index contributed by atoms with van der Waals surface area (Å²) in [6.45, 7) is 4.69. The van der Waals surface area contributed by atoms with Crippen molar-refractivity contribution in [3.8, 4) is 0 Å². The van der Waals surface area contributed by atoms with Crippen molar-refractivity contribution in [1.29, 1.82) is 0 Å². The fourth-order valence-corrected chi connectivity index (χ4v) is 5.35. The molecule has 2 unspecified atom stereocenters. The van der Waals surface area contributed by atoms with Gasteiger partial charge in [-0.05, 0) is 38.5 Å². The van der Waals surface area contributed by atoms with E-state index in [9.17, 15) is 19.5 Å². The van der Waals surface area contributed by atoms with Gasteiger partial charge in [-0.3, -0.25) is 9.59 Å². The molecule has 0 rings (SSSR count). The van der Waals surface area contributed by atoms with Crippen LogP contribution in [0, 0.1) is 0 Å². The third kappa shape index (κ3) is 34.3. The van der Waals surface area contributed by atoms with E-state index in [1.807, 2.05) is 21.1 Å². The van der Waals surface area contributed by atoms with Gasteiger partial charge in [-0.15, -0.1) is 0 Å². The van der Waals surface area contributed by atoms with Gasteiger partial charge in [0.15, 0.2) is 12.4 Å². The summed E-state index contributed by atoms with van der Waals surface area (Å²) in [5, 5.41) is 11.6. The summed E-state index contributed by atoms with van der Waals surface area (Å²) in [5.74, 6) is -2.29. The number of hydrogen-bond acceptors (Lipinski definition) is 8. The van der Waals surface area contributed by atoms with Crippen molar-refractivity contribution >= 4 is 17.9 Å². The minimum absolute atomic E-state index is 0.149. The van der Waals surface area contributed by atoms with E-state index in [-0.39, 0.29) is 32.2 Å². The molecule has 0 aromatic carbocycles. The SMILES string of the molecule is CCCCCCC/C=C\CCCCCCCC(=O)OC(COC(=O)CCCCCCCCCCCC)COC(OCC[N+](C)(C)C)C(=O)[O-]. The molecule has 2 atom stereocenters. The van der Waals surface area contributed by atoms with E-state index >= 15 is 0 Å². The van der Waals surface area contributed by atoms with E-state index in [1.54, 1.807) is 0 Å². The molecule has 9 nitrogen and oxygen atoms in total. The third-order valence-corrected chi connectivity index (χ3v) is 8.51. The van der Waals surface area contributed by atoms with E-state index in [2.05, 4.69) is 26.0 Å². The van der Waals surface area contributed by atoms with Gasteiger partial charge < -0.3 is 33.3 Å². The second-order valence-corrected chi connectivity index (χ2v) is 14.6. The highest BCUT2D eigenvalue weighted by Gasteiger charge is 2.21. The zero-order chi connectivity index (χ0) is 36.4. The second-order valence-electron chi connectivity index (χ2n) is 14.6. The molecule has 288 valence electrons. The molecule has 0 aromatic rings. The minimum atomic E-state index is -1.62. The molecule has 9 heteroatoms. The van der Waals surface area contributed by atoms with Gasteiger partial charge in [0.25, 0.3) is 0 Å². The normalized spacial score (nSPS) is 13.1. The van der Waals surface area contributed by atoms with Crippen LogP contribution in [0.1, 0.15) is 168 Å². The molecule has 49 heavy (non-hydrogen) atoms. The van der Waals surface area contributed by atoms with E-state index in [1.165, 1.54) is 83.5 Å². The lowest BCUT2D eigenvalue weighted by molar-refractivity contribution is -0.870. The molecule has 0 N–H and O–H groups in total. The number of allylic oxidation sites excluding steroid dienone is 2. The van der Waals surface area contributed by atoms with Crippen LogP contribution in [-0.2, 0) is 33.3 Å². The van der Waals surface area contributed by atoms with Crippen LogP contribution < -0.4 is 5.11 Å². The molecule has 0 bridgehead atoms. The monoisotopic (exact) mass is 698 g/mol. The predicted molar refractivity (Wildman–Crippen MR) is 196 cm³/mol. The van der Waals surface area contributed by atoms with Crippen molar-refractivity contribution in [2.24, 2.45) is 0 Å². The van der Waals surface area contributed by atoms with Gasteiger partial charge in [0.05, 0.1) is 40.3 Å². The Labute approximate surface area is 300 Å². The Morgan fingerprint density at radius 2 is 1.04 bits per heavy atom. The maximum Gasteiger partial charge on any atom is 0.306 e. The Morgan fingerprint density at radius 1 is 0.592 bits per heavy atom. The average molecular weight is 698 g/mol. The van der Waals surface area contributed by atoms with E-state index in [0.717, 1.165) is 51.4 Å². The minimum Gasteiger partial charge on any atom is -0.545 e. The maximum atomic E-state index is 12.7. The number of rotatable bonds is 36. The molecule has 0 saturated heterocycles. The molecule has 0 aromatic heterocycles. The number of likely N-dealkylation sites (N-methyl/N-ethyl adjacent to an activating group) is 1. The highest BCUT2D eigenvalue weighted by Crippen LogP contribution is 2.13. The molecular formula is C40H75NO8. The molecule has 0 amide bonds. The number of nitrogens with zero attached hydrogens (tertiary/aromatic N) is 1. The lowest BCUT2D eigenvalue weighted by atomic mass is 10.1. The summed E-state index contributed by atoms with van der Waals surface area (Å²) in [7, 11) is 5.90. The van der Waals surface area contributed by atoms with E-state index < -0.39 is 24.3 Å². The first-order valence-electron chi connectivity index (χ1n) is 19.8. The topological polar surface area (TPSA) is 111 Å². The fraction of sp³-hybridized carbons (Fsp3) is 0.875. The van der Waals surface area contributed by atoms with Gasteiger partial charge in [-0.1, -0.05) is 129 Å². The largest absolute Gasteiger partial charge is 0.545 e. The van der Waals surface area contributed by atoms with Crippen molar-refractivity contribution in [3.05, 3.63) is 12.2 Å². The van der Waals surface area contributed by atoms with Crippen LogP contribution in [0.2, 0.25) is 0 Å². The zero-order valence-corrected chi connectivity index (χ0v) is 32.3. The number of quaternary nitrogens is 1. The summed E-state index contributed by atoms with van der Waals surface area (Å²) in [6.07, 6.45) is 28.1. The van der Waals surface area contributed by atoms with Crippen LogP contribution in [0.5, 0.6) is 0 Å². The zero-order valence-electron chi connectivity index (χ0n) is 32.3. The summed E-state index contributed by atoms with van der Waals surface area (Å²) < 4.78 is 22.4. The molecule has 0 aliphatic heterocycles. The smallest absolute Gasteiger partial charge is 0.306 e. The van der Waals surface area contributed by atoms with Crippen LogP contribution in [0.3, 0.4) is 0 Å². The Balaban J connectivity index is 4.52. The van der Waals surface area contributed by atoms with Crippen molar-refractivity contribution in [3.63, 3.8) is 0 Å². The fourth-order valence-electron chi connectivity index (χ4n) is 5.35. The molecule has 0 spiro atoms. The van der Waals surface area contributed by atoms with Crippen molar-refractivity contribution in [2.75, 3.05) is 47.5 Å².